The molecular weight excluding hydrogens is 244 g/mol. The predicted octanol–water partition coefficient (Wildman–Crippen LogP) is 2.98. The fourth-order valence-corrected chi connectivity index (χ4v) is 1.63. The third kappa shape index (κ3) is 3.25. The zero-order chi connectivity index (χ0) is 13.8. The number of hydrogen-bond acceptors (Lipinski definition) is 3. The number of aromatic carboxylic acids is 1. The van der Waals surface area contributed by atoms with Crippen LogP contribution < -0.4 is 4.74 Å². The maximum absolute atomic E-state index is 10.7. The first kappa shape index (κ1) is 13.0. The van der Waals surface area contributed by atoms with Gasteiger partial charge in [0.25, 0.3) is 0 Å². The van der Waals surface area contributed by atoms with Gasteiger partial charge in [-0.25, -0.2) is 4.79 Å². The molecule has 2 aromatic rings. The Hall–Kier alpha value is -2.49. The van der Waals surface area contributed by atoms with Gasteiger partial charge in [-0.3, -0.25) is 0 Å². The normalized spacial score (nSPS) is 10.2. The van der Waals surface area contributed by atoms with E-state index < -0.39 is 5.97 Å². The van der Waals surface area contributed by atoms with Crippen molar-refractivity contribution in [3.05, 3.63) is 59.2 Å². The standard InChI is InChI=1S/C15H14O4/c1-10-2-4-11(5-3-10)9-19-12-6-7-13(15(17)18)14(16)8-12/h2-8,16H,9H2,1H3,(H,17,18). The van der Waals surface area contributed by atoms with Crippen molar-refractivity contribution in [2.75, 3.05) is 0 Å². The van der Waals surface area contributed by atoms with Crippen molar-refractivity contribution in [3.8, 4) is 11.5 Å². The zero-order valence-corrected chi connectivity index (χ0v) is 10.5. The van der Waals surface area contributed by atoms with E-state index in [1.165, 1.54) is 23.8 Å². The van der Waals surface area contributed by atoms with Crippen LogP contribution in [0.2, 0.25) is 0 Å². The number of hydrogen-bond donors (Lipinski definition) is 2. The Morgan fingerprint density at radius 3 is 2.42 bits per heavy atom. The molecular formula is C15H14O4. The molecule has 0 unspecified atom stereocenters. The molecule has 4 heteroatoms. The first-order valence-electron chi connectivity index (χ1n) is 5.81. The molecule has 2 aromatic carbocycles. The Morgan fingerprint density at radius 2 is 1.84 bits per heavy atom. The van der Waals surface area contributed by atoms with Gasteiger partial charge in [0.2, 0.25) is 0 Å². The van der Waals surface area contributed by atoms with Crippen LogP contribution in [0.5, 0.6) is 11.5 Å². The molecule has 98 valence electrons. The van der Waals surface area contributed by atoms with Gasteiger partial charge < -0.3 is 14.9 Å². The second-order valence-corrected chi connectivity index (χ2v) is 4.26. The van der Waals surface area contributed by atoms with Gasteiger partial charge in [0.15, 0.2) is 0 Å². The molecule has 4 nitrogen and oxygen atoms in total. The van der Waals surface area contributed by atoms with Crippen molar-refractivity contribution in [2.24, 2.45) is 0 Å². The largest absolute Gasteiger partial charge is 0.507 e. The van der Waals surface area contributed by atoms with Crippen LogP contribution in [0, 0.1) is 6.92 Å². The number of rotatable bonds is 4. The van der Waals surface area contributed by atoms with Gasteiger partial charge in [0.05, 0.1) is 0 Å². The highest BCUT2D eigenvalue weighted by molar-refractivity contribution is 5.90. The van der Waals surface area contributed by atoms with Crippen molar-refractivity contribution in [1.29, 1.82) is 0 Å². The number of ether oxygens (including phenoxy) is 1. The molecule has 0 bridgehead atoms. The SMILES string of the molecule is Cc1ccc(COc2ccc(C(=O)O)c(O)c2)cc1. The Bertz CT molecular complexity index is 588. The summed E-state index contributed by atoms with van der Waals surface area (Å²) in [5.41, 5.74) is 2.04. The van der Waals surface area contributed by atoms with Crippen molar-refractivity contribution < 1.29 is 19.7 Å². The average Bonchev–Trinajstić information content (AvgIpc) is 2.37. The number of benzene rings is 2. The molecule has 0 radical (unpaired) electrons. The molecule has 0 spiro atoms. The van der Waals surface area contributed by atoms with E-state index >= 15 is 0 Å². The minimum absolute atomic E-state index is 0.136. The van der Waals surface area contributed by atoms with Gasteiger partial charge in [-0.1, -0.05) is 29.8 Å². The topological polar surface area (TPSA) is 66.8 Å². The maximum Gasteiger partial charge on any atom is 0.339 e. The molecule has 0 aliphatic carbocycles. The number of carboxylic acid groups (broad SMARTS) is 1. The van der Waals surface area contributed by atoms with Crippen LogP contribution in [0.3, 0.4) is 0 Å². The summed E-state index contributed by atoms with van der Waals surface area (Å²) < 4.78 is 5.49. The highest BCUT2D eigenvalue weighted by Crippen LogP contribution is 2.24. The summed E-state index contributed by atoms with van der Waals surface area (Å²) in [6, 6.07) is 12.0. The van der Waals surface area contributed by atoms with E-state index in [1.54, 1.807) is 0 Å². The Labute approximate surface area is 110 Å². The van der Waals surface area contributed by atoms with Crippen LogP contribution in [-0.2, 0) is 6.61 Å². The summed E-state index contributed by atoms with van der Waals surface area (Å²) in [5, 5.41) is 18.3. The molecule has 0 saturated heterocycles. The van der Waals surface area contributed by atoms with Gasteiger partial charge in [-0.15, -0.1) is 0 Å². The van der Waals surface area contributed by atoms with E-state index in [0.29, 0.717) is 12.4 Å². The van der Waals surface area contributed by atoms with Crippen LogP contribution in [0.4, 0.5) is 0 Å². The monoisotopic (exact) mass is 258 g/mol. The van der Waals surface area contributed by atoms with Crippen LogP contribution in [0.1, 0.15) is 21.5 Å². The third-order valence-electron chi connectivity index (χ3n) is 2.73. The molecule has 19 heavy (non-hydrogen) atoms. The van der Waals surface area contributed by atoms with Gasteiger partial charge in [-0.2, -0.15) is 0 Å². The van der Waals surface area contributed by atoms with Crippen LogP contribution in [-0.4, -0.2) is 16.2 Å². The third-order valence-corrected chi connectivity index (χ3v) is 2.73. The molecule has 0 atom stereocenters. The van der Waals surface area contributed by atoms with Crippen LogP contribution in [0.15, 0.2) is 42.5 Å². The van der Waals surface area contributed by atoms with E-state index in [9.17, 15) is 9.90 Å². The molecule has 2 N–H and O–H groups in total. The molecule has 0 aliphatic rings. The van der Waals surface area contributed by atoms with Gasteiger partial charge in [0.1, 0.15) is 23.7 Å². The molecule has 0 amide bonds. The second kappa shape index (κ2) is 5.44. The summed E-state index contributed by atoms with van der Waals surface area (Å²) in [6.45, 7) is 2.37. The predicted molar refractivity (Wildman–Crippen MR) is 70.6 cm³/mol. The molecule has 0 aromatic heterocycles. The Morgan fingerprint density at radius 1 is 1.16 bits per heavy atom. The summed E-state index contributed by atoms with van der Waals surface area (Å²) in [7, 11) is 0. The molecule has 0 fully saturated rings. The summed E-state index contributed by atoms with van der Waals surface area (Å²) in [4.78, 5) is 10.7. The zero-order valence-electron chi connectivity index (χ0n) is 10.5. The number of aromatic hydroxyl groups is 1. The summed E-state index contributed by atoms with van der Waals surface area (Å²) in [5.74, 6) is -1.03. The van der Waals surface area contributed by atoms with Gasteiger partial charge in [0, 0.05) is 6.07 Å². The lowest BCUT2D eigenvalue weighted by Crippen LogP contribution is -1.99. The number of phenols is 1. The minimum Gasteiger partial charge on any atom is -0.507 e. The first-order chi connectivity index (χ1) is 9.06. The number of aryl methyl sites for hydroxylation is 1. The Kier molecular flexibility index (Phi) is 3.71. The lowest BCUT2D eigenvalue weighted by molar-refractivity contribution is 0.0693. The fraction of sp³-hybridized carbons (Fsp3) is 0.133. The maximum atomic E-state index is 10.7. The molecule has 0 saturated carbocycles. The van der Waals surface area contributed by atoms with E-state index in [1.807, 2.05) is 31.2 Å². The second-order valence-electron chi connectivity index (χ2n) is 4.26. The number of carbonyl (C=O) groups is 1. The summed E-state index contributed by atoms with van der Waals surface area (Å²) >= 11 is 0. The highest BCUT2D eigenvalue weighted by Gasteiger charge is 2.10. The minimum atomic E-state index is -1.16. The molecule has 0 aliphatic heterocycles. The Balaban J connectivity index is 2.06. The molecule has 2 rings (SSSR count). The van der Waals surface area contributed by atoms with Crippen LogP contribution >= 0.6 is 0 Å². The highest BCUT2D eigenvalue weighted by atomic mass is 16.5. The quantitative estimate of drug-likeness (QED) is 0.884. The molecule has 0 heterocycles. The lowest BCUT2D eigenvalue weighted by atomic mass is 10.1. The van der Waals surface area contributed by atoms with Crippen molar-refractivity contribution >= 4 is 5.97 Å². The first-order valence-corrected chi connectivity index (χ1v) is 5.81. The van der Waals surface area contributed by atoms with E-state index in [2.05, 4.69) is 0 Å². The number of carboxylic acids is 1. The fourth-order valence-electron chi connectivity index (χ4n) is 1.63. The van der Waals surface area contributed by atoms with Gasteiger partial charge >= 0.3 is 5.97 Å². The smallest absolute Gasteiger partial charge is 0.339 e. The van der Waals surface area contributed by atoms with Crippen molar-refractivity contribution in [2.45, 2.75) is 13.5 Å². The summed E-state index contributed by atoms with van der Waals surface area (Å²) in [6.07, 6.45) is 0. The average molecular weight is 258 g/mol. The lowest BCUT2D eigenvalue weighted by Gasteiger charge is -2.08. The van der Waals surface area contributed by atoms with Crippen LogP contribution in [0.25, 0.3) is 0 Å². The van der Waals surface area contributed by atoms with Gasteiger partial charge in [-0.05, 0) is 24.6 Å². The van der Waals surface area contributed by atoms with E-state index in [0.717, 1.165) is 5.56 Å². The van der Waals surface area contributed by atoms with Crippen molar-refractivity contribution in [1.82, 2.24) is 0 Å². The van der Waals surface area contributed by atoms with E-state index in [4.69, 9.17) is 9.84 Å². The van der Waals surface area contributed by atoms with E-state index in [-0.39, 0.29) is 11.3 Å². The van der Waals surface area contributed by atoms with Crippen molar-refractivity contribution in [3.63, 3.8) is 0 Å².